The highest BCUT2D eigenvalue weighted by molar-refractivity contribution is 6.31. The largest absolute Gasteiger partial charge is 0.465 e. The second-order valence-electron chi connectivity index (χ2n) is 11.5. The van der Waals surface area contributed by atoms with Crippen molar-refractivity contribution >= 4 is 41.0 Å². The normalized spacial score (nSPS) is 15.8. The summed E-state index contributed by atoms with van der Waals surface area (Å²) in [6.45, 7) is 3.87. The number of likely N-dealkylation sites (tertiary alicyclic amines) is 1. The molecule has 1 aliphatic rings. The molecule has 2 aromatic carbocycles. The van der Waals surface area contributed by atoms with Gasteiger partial charge in [0.15, 0.2) is 22.6 Å². The number of halogens is 1. The monoisotopic (exact) mass is 622 g/mol. The van der Waals surface area contributed by atoms with E-state index in [0.717, 1.165) is 69.2 Å². The number of quaternary nitrogens is 1. The molecule has 1 fully saturated rings. The molecular formula is C33H41ClN5O5+. The zero-order valence-electron chi connectivity index (χ0n) is 25.4. The number of aromatic nitrogens is 2. The number of hydrogen-bond acceptors (Lipinski definition) is 9. The number of carbonyl (C=O) groups is 3. The second kappa shape index (κ2) is 15.1. The van der Waals surface area contributed by atoms with E-state index in [0.29, 0.717) is 17.5 Å². The van der Waals surface area contributed by atoms with Crippen molar-refractivity contribution in [3.63, 3.8) is 0 Å². The smallest absolute Gasteiger partial charge is 0.337 e. The number of ether oxygens (including phenoxy) is 2. The van der Waals surface area contributed by atoms with Crippen molar-refractivity contribution in [1.82, 2.24) is 9.97 Å². The fourth-order valence-corrected chi connectivity index (χ4v) is 6.35. The van der Waals surface area contributed by atoms with Gasteiger partial charge in [-0.2, -0.15) is 0 Å². The lowest BCUT2D eigenvalue weighted by Crippen LogP contribution is -2.55. The Kier molecular flexibility index (Phi) is 11.3. The van der Waals surface area contributed by atoms with Crippen molar-refractivity contribution in [2.24, 2.45) is 5.92 Å². The average Bonchev–Trinajstić information content (AvgIpc) is 3.02. The molecule has 10 nitrogen and oxygen atoms in total. The van der Waals surface area contributed by atoms with Gasteiger partial charge in [-0.25, -0.2) is 19.6 Å². The number of benzene rings is 2. The molecule has 2 heterocycles. The van der Waals surface area contributed by atoms with E-state index in [4.69, 9.17) is 32.5 Å². The molecule has 3 aromatic rings. The molecule has 1 atom stereocenters. The SMILES string of the molecule is COC(=O)c1ccc(CCC[N+]2(CCCc3ccc(C(=O)OC)cc3)CCCC(CC(=O)c3nc(Cl)c(N)nc3N)C2)cc1. The van der Waals surface area contributed by atoms with Gasteiger partial charge in [0.2, 0.25) is 0 Å². The van der Waals surface area contributed by atoms with Crippen LogP contribution in [-0.2, 0) is 22.3 Å². The number of Topliss-reactive ketones (excluding diaryl/α,β-unsaturated/α-hetero) is 1. The van der Waals surface area contributed by atoms with E-state index >= 15 is 0 Å². The molecule has 234 valence electrons. The molecule has 0 radical (unpaired) electrons. The van der Waals surface area contributed by atoms with Gasteiger partial charge in [0.25, 0.3) is 0 Å². The van der Waals surface area contributed by atoms with Crippen LogP contribution in [0.25, 0.3) is 0 Å². The molecule has 0 saturated carbocycles. The highest BCUT2D eigenvalue weighted by atomic mass is 35.5. The molecule has 1 saturated heterocycles. The second-order valence-corrected chi connectivity index (χ2v) is 11.9. The number of anilines is 2. The van der Waals surface area contributed by atoms with Gasteiger partial charge >= 0.3 is 11.9 Å². The van der Waals surface area contributed by atoms with Crippen LogP contribution in [0.2, 0.25) is 5.15 Å². The van der Waals surface area contributed by atoms with Gasteiger partial charge in [-0.05, 0) is 61.1 Å². The number of rotatable bonds is 13. The van der Waals surface area contributed by atoms with Crippen LogP contribution < -0.4 is 11.5 Å². The Balaban J connectivity index is 1.44. The molecule has 44 heavy (non-hydrogen) atoms. The van der Waals surface area contributed by atoms with Gasteiger partial charge in [0.1, 0.15) is 5.69 Å². The quantitative estimate of drug-likeness (QED) is 0.154. The summed E-state index contributed by atoms with van der Waals surface area (Å²) in [6, 6.07) is 15.1. The molecule has 0 spiro atoms. The lowest BCUT2D eigenvalue weighted by molar-refractivity contribution is -0.936. The molecule has 1 unspecified atom stereocenters. The van der Waals surface area contributed by atoms with E-state index in [2.05, 4.69) is 9.97 Å². The van der Waals surface area contributed by atoms with Crippen molar-refractivity contribution in [2.45, 2.75) is 44.9 Å². The number of ketones is 1. The molecular weight excluding hydrogens is 582 g/mol. The van der Waals surface area contributed by atoms with Crippen LogP contribution in [0.5, 0.6) is 0 Å². The van der Waals surface area contributed by atoms with Crippen LogP contribution in [-0.4, -0.2) is 72.6 Å². The van der Waals surface area contributed by atoms with Gasteiger partial charge in [0.05, 0.1) is 51.5 Å². The minimum atomic E-state index is -0.344. The van der Waals surface area contributed by atoms with Crippen LogP contribution in [0, 0.1) is 5.92 Å². The van der Waals surface area contributed by atoms with E-state index in [-0.39, 0.29) is 46.1 Å². The third-order valence-corrected chi connectivity index (χ3v) is 8.76. The van der Waals surface area contributed by atoms with Crippen LogP contribution in [0.1, 0.15) is 74.4 Å². The summed E-state index contributed by atoms with van der Waals surface area (Å²) in [5, 5.41) is -0.0180. The van der Waals surface area contributed by atoms with E-state index in [1.807, 2.05) is 24.3 Å². The number of carbonyl (C=O) groups excluding carboxylic acids is 3. The summed E-state index contributed by atoms with van der Waals surface area (Å²) in [4.78, 5) is 45.0. The third-order valence-electron chi connectivity index (χ3n) is 8.48. The Labute approximate surface area is 263 Å². The Morgan fingerprint density at radius 1 is 0.841 bits per heavy atom. The molecule has 4 rings (SSSR count). The predicted molar refractivity (Wildman–Crippen MR) is 169 cm³/mol. The zero-order chi connectivity index (χ0) is 31.7. The number of aryl methyl sites for hydroxylation is 2. The molecule has 0 aliphatic carbocycles. The maximum Gasteiger partial charge on any atom is 0.337 e. The van der Waals surface area contributed by atoms with E-state index in [1.54, 1.807) is 24.3 Å². The van der Waals surface area contributed by atoms with Gasteiger partial charge < -0.3 is 25.4 Å². The number of nitrogens with two attached hydrogens (primary N) is 2. The van der Waals surface area contributed by atoms with Crippen LogP contribution in [0.3, 0.4) is 0 Å². The first-order chi connectivity index (χ1) is 21.1. The highest BCUT2D eigenvalue weighted by Gasteiger charge is 2.36. The summed E-state index contributed by atoms with van der Waals surface area (Å²) >= 11 is 6.04. The Hall–Kier alpha value is -4.02. The molecule has 0 bridgehead atoms. The standard InChI is InChI=1S/C33H40ClN5O5/c1-43-32(41)25-13-9-22(10-14-25)6-3-17-39(18-4-7-23-11-15-26(16-12-23)33(42)44-2)19-5-8-24(21-39)20-27(40)28-30(35)38-31(36)29(34)37-28/h9-16,24H,3-8,17-21H2,1-2H3,(H3-,35,36,38,40)/p+1. The van der Waals surface area contributed by atoms with Crippen molar-refractivity contribution in [3.8, 4) is 0 Å². The minimum absolute atomic E-state index is 0.00454. The van der Waals surface area contributed by atoms with E-state index < -0.39 is 0 Å². The van der Waals surface area contributed by atoms with Gasteiger partial charge in [-0.15, -0.1) is 0 Å². The Morgan fingerprint density at radius 2 is 1.36 bits per heavy atom. The first-order valence-electron chi connectivity index (χ1n) is 14.9. The summed E-state index contributed by atoms with van der Waals surface area (Å²) in [6.07, 6.45) is 6.00. The maximum atomic E-state index is 13.2. The number of piperidine rings is 1. The third kappa shape index (κ3) is 8.54. The molecule has 11 heteroatoms. The fourth-order valence-electron chi connectivity index (χ4n) is 6.22. The predicted octanol–water partition coefficient (Wildman–Crippen LogP) is 4.93. The fraction of sp³-hybridized carbons (Fsp3) is 0.424. The minimum Gasteiger partial charge on any atom is -0.465 e. The number of nitrogen functional groups attached to an aromatic ring is 2. The topological polar surface area (TPSA) is 147 Å². The van der Waals surface area contributed by atoms with Gasteiger partial charge in [-0.1, -0.05) is 35.9 Å². The summed E-state index contributed by atoms with van der Waals surface area (Å²) in [5.41, 5.74) is 15.2. The Bertz CT molecular complexity index is 1400. The summed E-state index contributed by atoms with van der Waals surface area (Å²) in [5.74, 6) is -0.669. The summed E-state index contributed by atoms with van der Waals surface area (Å²) in [7, 11) is 2.76. The van der Waals surface area contributed by atoms with Crippen molar-refractivity contribution in [2.75, 3.05) is 51.9 Å². The first-order valence-corrected chi connectivity index (χ1v) is 15.3. The molecule has 1 aliphatic heterocycles. The van der Waals surface area contributed by atoms with Gasteiger partial charge in [-0.3, -0.25) is 4.79 Å². The van der Waals surface area contributed by atoms with E-state index in [1.165, 1.54) is 25.3 Å². The van der Waals surface area contributed by atoms with Crippen LogP contribution in [0.15, 0.2) is 48.5 Å². The van der Waals surface area contributed by atoms with Gasteiger partial charge in [0, 0.05) is 25.2 Å². The zero-order valence-corrected chi connectivity index (χ0v) is 26.1. The number of hydrogen-bond donors (Lipinski definition) is 2. The maximum absolute atomic E-state index is 13.2. The van der Waals surface area contributed by atoms with Crippen LogP contribution >= 0.6 is 11.6 Å². The Morgan fingerprint density at radius 3 is 1.86 bits per heavy atom. The van der Waals surface area contributed by atoms with Crippen molar-refractivity contribution < 1.29 is 28.3 Å². The lowest BCUT2D eigenvalue weighted by atomic mass is 9.89. The number of nitrogens with zero attached hydrogens (tertiary/aromatic N) is 3. The average molecular weight is 623 g/mol. The summed E-state index contributed by atoms with van der Waals surface area (Å²) < 4.78 is 10.5. The molecule has 0 amide bonds. The lowest BCUT2D eigenvalue weighted by Gasteiger charge is -2.45. The van der Waals surface area contributed by atoms with Crippen molar-refractivity contribution in [1.29, 1.82) is 0 Å². The molecule has 1 aromatic heterocycles. The molecule has 4 N–H and O–H groups in total. The number of esters is 2. The first kappa shape index (κ1) is 32.9. The van der Waals surface area contributed by atoms with E-state index in [9.17, 15) is 14.4 Å². The highest BCUT2D eigenvalue weighted by Crippen LogP contribution is 2.30. The number of methoxy groups -OCH3 is 2. The van der Waals surface area contributed by atoms with Crippen molar-refractivity contribution in [3.05, 3.63) is 81.6 Å². The van der Waals surface area contributed by atoms with Crippen LogP contribution in [0.4, 0.5) is 11.6 Å².